The molecule has 0 aliphatic carbocycles. The van der Waals surface area contributed by atoms with Crippen molar-refractivity contribution in [3.63, 3.8) is 0 Å². The minimum Gasteiger partial charge on any atom is -0.335 e. The van der Waals surface area contributed by atoms with Gasteiger partial charge in [-0.2, -0.15) is 0 Å². The first-order chi connectivity index (χ1) is 7.61. The summed E-state index contributed by atoms with van der Waals surface area (Å²) in [6.45, 7) is 7.18. The minimum absolute atomic E-state index is 0.172. The van der Waals surface area contributed by atoms with Crippen LogP contribution in [0.5, 0.6) is 0 Å². The van der Waals surface area contributed by atoms with Crippen LogP contribution in [0, 0.1) is 11.8 Å². The highest BCUT2D eigenvalue weighted by Crippen LogP contribution is 2.31. The van der Waals surface area contributed by atoms with E-state index in [9.17, 15) is 4.79 Å². The molecule has 2 rings (SSSR count). The Bertz CT molecular complexity index is 374. The van der Waals surface area contributed by atoms with E-state index in [2.05, 4.69) is 26.0 Å². The number of likely N-dealkylation sites (tertiary alicyclic amines) is 1. The fourth-order valence-corrected chi connectivity index (χ4v) is 2.32. The molecule has 2 nitrogen and oxygen atoms in total. The SMILES string of the molecule is CC1CN(C(C)c2ccccc2)C(=O)C1C. The third-order valence-corrected chi connectivity index (χ3v) is 3.76. The molecular weight excluding hydrogens is 198 g/mol. The van der Waals surface area contributed by atoms with E-state index in [0.717, 1.165) is 6.54 Å². The maximum absolute atomic E-state index is 12.1. The summed E-state index contributed by atoms with van der Waals surface area (Å²) in [6.07, 6.45) is 0. The van der Waals surface area contributed by atoms with Gasteiger partial charge in [0.2, 0.25) is 5.91 Å². The van der Waals surface area contributed by atoms with Gasteiger partial charge in [-0.25, -0.2) is 0 Å². The molecule has 3 atom stereocenters. The van der Waals surface area contributed by atoms with Gasteiger partial charge in [-0.05, 0) is 18.4 Å². The molecule has 0 radical (unpaired) electrons. The lowest BCUT2D eigenvalue weighted by Crippen LogP contribution is -2.29. The van der Waals surface area contributed by atoms with Gasteiger partial charge in [0, 0.05) is 12.5 Å². The first kappa shape index (κ1) is 11.2. The van der Waals surface area contributed by atoms with Crippen molar-refractivity contribution in [3.8, 4) is 0 Å². The lowest BCUT2D eigenvalue weighted by atomic mass is 10.0. The molecule has 1 amide bonds. The first-order valence-corrected chi connectivity index (χ1v) is 5.96. The molecule has 1 heterocycles. The van der Waals surface area contributed by atoms with Crippen molar-refractivity contribution < 1.29 is 4.79 Å². The van der Waals surface area contributed by atoms with Crippen LogP contribution in [0.15, 0.2) is 30.3 Å². The van der Waals surface area contributed by atoms with E-state index in [1.807, 2.05) is 30.0 Å². The number of rotatable bonds is 2. The smallest absolute Gasteiger partial charge is 0.226 e. The quantitative estimate of drug-likeness (QED) is 0.746. The second-order valence-corrected chi connectivity index (χ2v) is 4.84. The third-order valence-electron chi connectivity index (χ3n) is 3.76. The molecule has 86 valence electrons. The van der Waals surface area contributed by atoms with Gasteiger partial charge in [0.25, 0.3) is 0 Å². The zero-order chi connectivity index (χ0) is 11.7. The zero-order valence-corrected chi connectivity index (χ0v) is 10.2. The van der Waals surface area contributed by atoms with Gasteiger partial charge in [0.1, 0.15) is 0 Å². The molecular formula is C14H19NO. The molecule has 16 heavy (non-hydrogen) atoms. The van der Waals surface area contributed by atoms with Gasteiger partial charge in [-0.15, -0.1) is 0 Å². The number of carbonyl (C=O) groups is 1. The number of nitrogens with zero attached hydrogens (tertiary/aromatic N) is 1. The van der Waals surface area contributed by atoms with Crippen LogP contribution in [0.4, 0.5) is 0 Å². The zero-order valence-electron chi connectivity index (χ0n) is 10.2. The predicted octanol–water partition coefficient (Wildman–Crippen LogP) is 2.86. The van der Waals surface area contributed by atoms with Gasteiger partial charge < -0.3 is 4.90 Å². The van der Waals surface area contributed by atoms with Gasteiger partial charge in [-0.3, -0.25) is 4.79 Å². The van der Waals surface area contributed by atoms with Gasteiger partial charge in [0.05, 0.1) is 6.04 Å². The van der Waals surface area contributed by atoms with E-state index in [1.54, 1.807) is 0 Å². The summed E-state index contributed by atoms with van der Waals surface area (Å²) in [7, 11) is 0. The Balaban J connectivity index is 2.18. The van der Waals surface area contributed by atoms with Crippen molar-refractivity contribution in [1.82, 2.24) is 4.90 Å². The predicted molar refractivity (Wildman–Crippen MR) is 64.9 cm³/mol. The van der Waals surface area contributed by atoms with Crippen LogP contribution in [0.25, 0.3) is 0 Å². The molecule has 0 spiro atoms. The number of carbonyl (C=O) groups excluding carboxylic acids is 1. The Labute approximate surface area is 97.3 Å². The van der Waals surface area contributed by atoms with Crippen LogP contribution < -0.4 is 0 Å². The van der Waals surface area contributed by atoms with Crippen LogP contribution in [0.3, 0.4) is 0 Å². The van der Waals surface area contributed by atoms with Crippen LogP contribution in [0.2, 0.25) is 0 Å². The molecule has 3 unspecified atom stereocenters. The van der Waals surface area contributed by atoms with E-state index >= 15 is 0 Å². The van der Waals surface area contributed by atoms with Crippen LogP contribution in [-0.2, 0) is 4.79 Å². The Morgan fingerprint density at radius 3 is 2.38 bits per heavy atom. The van der Waals surface area contributed by atoms with Crippen molar-refractivity contribution in [1.29, 1.82) is 0 Å². The molecule has 0 N–H and O–H groups in total. The van der Waals surface area contributed by atoms with E-state index in [0.29, 0.717) is 11.8 Å². The van der Waals surface area contributed by atoms with Gasteiger partial charge in [-0.1, -0.05) is 44.2 Å². The van der Waals surface area contributed by atoms with Crippen LogP contribution in [-0.4, -0.2) is 17.4 Å². The molecule has 0 saturated carbocycles. The number of amides is 1. The molecule has 2 heteroatoms. The maximum Gasteiger partial charge on any atom is 0.226 e. The van der Waals surface area contributed by atoms with Crippen molar-refractivity contribution in [2.24, 2.45) is 11.8 Å². The summed E-state index contributed by atoms with van der Waals surface area (Å²) in [6, 6.07) is 10.4. The molecule has 1 aromatic rings. The van der Waals surface area contributed by atoms with E-state index in [-0.39, 0.29) is 12.0 Å². The fourth-order valence-electron chi connectivity index (χ4n) is 2.32. The molecule has 1 saturated heterocycles. The van der Waals surface area contributed by atoms with Crippen LogP contribution >= 0.6 is 0 Å². The number of hydrogen-bond donors (Lipinski definition) is 0. The second kappa shape index (κ2) is 4.28. The average molecular weight is 217 g/mol. The highest BCUT2D eigenvalue weighted by atomic mass is 16.2. The lowest BCUT2D eigenvalue weighted by Gasteiger charge is -2.25. The summed E-state index contributed by atoms with van der Waals surface area (Å²) >= 11 is 0. The molecule has 1 aliphatic heterocycles. The van der Waals surface area contributed by atoms with Crippen LogP contribution in [0.1, 0.15) is 32.4 Å². The first-order valence-electron chi connectivity index (χ1n) is 5.96. The average Bonchev–Trinajstić information content (AvgIpc) is 2.57. The van der Waals surface area contributed by atoms with E-state index < -0.39 is 0 Å². The number of hydrogen-bond acceptors (Lipinski definition) is 1. The summed E-state index contributed by atoms with van der Waals surface area (Å²) in [4.78, 5) is 14.1. The molecule has 1 fully saturated rings. The minimum atomic E-state index is 0.172. The highest BCUT2D eigenvalue weighted by molar-refractivity contribution is 5.81. The standard InChI is InChI=1S/C14H19NO/c1-10-9-15(14(16)11(10)2)12(3)13-7-5-4-6-8-13/h4-8,10-12H,9H2,1-3H3. The Morgan fingerprint density at radius 1 is 1.25 bits per heavy atom. The summed E-state index contributed by atoms with van der Waals surface area (Å²) in [5.41, 5.74) is 1.22. The molecule has 0 bridgehead atoms. The normalized spacial score (nSPS) is 27.2. The topological polar surface area (TPSA) is 20.3 Å². The summed E-state index contributed by atoms with van der Waals surface area (Å²) in [5, 5.41) is 0. The summed E-state index contributed by atoms with van der Waals surface area (Å²) in [5.74, 6) is 0.939. The van der Waals surface area contributed by atoms with Crippen molar-refractivity contribution >= 4 is 5.91 Å². The highest BCUT2D eigenvalue weighted by Gasteiger charge is 2.36. The molecule has 0 aromatic heterocycles. The van der Waals surface area contributed by atoms with Crippen molar-refractivity contribution in [2.45, 2.75) is 26.8 Å². The maximum atomic E-state index is 12.1. The summed E-state index contributed by atoms with van der Waals surface area (Å²) < 4.78 is 0. The Morgan fingerprint density at radius 2 is 1.88 bits per heavy atom. The van der Waals surface area contributed by atoms with Crippen molar-refractivity contribution in [3.05, 3.63) is 35.9 Å². The van der Waals surface area contributed by atoms with Crippen molar-refractivity contribution in [2.75, 3.05) is 6.54 Å². The fraction of sp³-hybridized carbons (Fsp3) is 0.500. The second-order valence-electron chi connectivity index (χ2n) is 4.84. The largest absolute Gasteiger partial charge is 0.335 e. The van der Waals surface area contributed by atoms with E-state index in [1.165, 1.54) is 5.56 Å². The van der Waals surface area contributed by atoms with E-state index in [4.69, 9.17) is 0 Å². The van der Waals surface area contributed by atoms with Gasteiger partial charge in [0.15, 0.2) is 0 Å². The lowest BCUT2D eigenvalue weighted by molar-refractivity contribution is -0.132. The number of benzene rings is 1. The Kier molecular flexibility index (Phi) is 2.99. The molecule has 1 aliphatic rings. The Hall–Kier alpha value is -1.31. The third kappa shape index (κ3) is 1.84. The van der Waals surface area contributed by atoms with Gasteiger partial charge >= 0.3 is 0 Å². The molecule has 1 aromatic carbocycles. The monoisotopic (exact) mass is 217 g/mol.